The van der Waals surface area contributed by atoms with Gasteiger partial charge in [-0.05, 0) is 32.9 Å². The third kappa shape index (κ3) is 3.35. The molecule has 3 aromatic heterocycles. The summed E-state index contributed by atoms with van der Waals surface area (Å²) in [7, 11) is 2.93. The molecule has 0 aliphatic carbocycles. The summed E-state index contributed by atoms with van der Waals surface area (Å²) in [5.74, 6) is -0.329. The average molecular weight is 421 g/mol. The quantitative estimate of drug-likeness (QED) is 0.532. The van der Waals surface area contributed by atoms with Gasteiger partial charge in [0.1, 0.15) is 6.54 Å². The van der Waals surface area contributed by atoms with Crippen molar-refractivity contribution in [2.45, 2.75) is 27.3 Å². The molecule has 3 heterocycles. The van der Waals surface area contributed by atoms with Crippen LogP contribution in [0.15, 0.2) is 40.2 Å². The first-order chi connectivity index (χ1) is 14.7. The molecule has 1 N–H and O–H groups in total. The zero-order valence-electron chi connectivity index (χ0n) is 18.0. The molecule has 160 valence electrons. The maximum Gasteiger partial charge on any atom is 0.332 e. The summed E-state index contributed by atoms with van der Waals surface area (Å²) in [6.07, 6.45) is 1.39. The molecule has 0 radical (unpaired) electrons. The second-order valence-corrected chi connectivity index (χ2v) is 7.59. The minimum atomic E-state index is -0.497. The van der Waals surface area contributed by atoms with Gasteiger partial charge in [0.15, 0.2) is 11.2 Å². The van der Waals surface area contributed by atoms with E-state index >= 15 is 0 Å². The van der Waals surface area contributed by atoms with E-state index in [1.807, 2.05) is 45.0 Å². The Morgan fingerprint density at radius 2 is 1.71 bits per heavy atom. The summed E-state index contributed by atoms with van der Waals surface area (Å²) in [5.41, 5.74) is 3.61. The van der Waals surface area contributed by atoms with Crippen LogP contribution in [0, 0.1) is 20.8 Å². The first-order valence-electron chi connectivity index (χ1n) is 9.73. The van der Waals surface area contributed by atoms with E-state index in [9.17, 15) is 14.4 Å². The lowest BCUT2D eigenvalue weighted by atomic mass is 10.2. The third-order valence-corrected chi connectivity index (χ3v) is 5.37. The Bertz CT molecular complexity index is 1440. The Morgan fingerprint density at radius 1 is 1.03 bits per heavy atom. The number of hydrogen-bond donors (Lipinski definition) is 1. The highest BCUT2D eigenvalue weighted by molar-refractivity contribution is 5.92. The number of fused-ring (bicyclic) bond motifs is 1. The second kappa shape index (κ2) is 7.38. The van der Waals surface area contributed by atoms with Gasteiger partial charge in [-0.2, -0.15) is 5.10 Å². The number of amides is 1. The maximum atomic E-state index is 12.8. The van der Waals surface area contributed by atoms with Gasteiger partial charge in [0.05, 0.1) is 29.1 Å². The highest BCUT2D eigenvalue weighted by Gasteiger charge is 2.18. The smallest absolute Gasteiger partial charge is 0.321 e. The van der Waals surface area contributed by atoms with E-state index in [2.05, 4.69) is 15.4 Å². The van der Waals surface area contributed by atoms with Crippen molar-refractivity contribution in [1.82, 2.24) is 28.5 Å². The van der Waals surface area contributed by atoms with E-state index in [1.54, 1.807) is 4.68 Å². The molecule has 0 aliphatic rings. The van der Waals surface area contributed by atoms with Gasteiger partial charge in [0.2, 0.25) is 5.91 Å². The molecule has 0 fully saturated rings. The number of rotatable bonds is 4. The molecule has 10 heteroatoms. The van der Waals surface area contributed by atoms with Crippen LogP contribution < -0.4 is 16.6 Å². The molecule has 1 aromatic carbocycles. The number of hydrogen-bond acceptors (Lipinski definition) is 5. The topological polar surface area (TPSA) is 109 Å². The number of carbonyl (C=O) groups is 1. The molecule has 0 spiro atoms. The van der Waals surface area contributed by atoms with Gasteiger partial charge in [-0.1, -0.05) is 17.7 Å². The highest BCUT2D eigenvalue weighted by atomic mass is 16.2. The van der Waals surface area contributed by atoms with E-state index in [1.165, 1.54) is 29.6 Å². The first kappa shape index (κ1) is 20.3. The molecule has 31 heavy (non-hydrogen) atoms. The van der Waals surface area contributed by atoms with Gasteiger partial charge in [-0.3, -0.25) is 18.7 Å². The normalized spacial score (nSPS) is 11.3. The van der Waals surface area contributed by atoms with E-state index < -0.39 is 11.2 Å². The van der Waals surface area contributed by atoms with Crippen molar-refractivity contribution in [3.05, 3.63) is 68.4 Å². The Morgan fingerprint density at radius 3 is 2.39 bits per heavy atom. The fourth-order valence-electron chi connectivity index (χ4n) is 3.61. The number of nitrogens with one attached hydrogen (secondary N) is 1. The summed E-state index contributed by atoms with van der Waals surface area (Å²) in [6.45, 7) is 5.60. The third-order valence-electron chi connectivity index (χ3n) is 5.37. The fourth-order valence-corrected chi connectivity index (χ4v) is 3.61. The number of benzene rings is 1. The van der Waals surface area contributed by atoms with E-state index in [-0.39, 0.29) is 23.6 Å². The van der Waals surface area contributed by atoms with Crippen LogP contribution in [0.4, 0.5) is 5.69 Å². The van der Waals surface area contributed by atoms with Gasteiger partial charge in [0, 0.05) is 14.1 Å². The second-order valence-electron chi connectivity index (χ2n) is 7.59. The number of imidazole rings is 1. The molecule has 0 bridgehead atoms. The van der Waals surface area contributed by atoms with E-state index in [4.69, 9.17) is 0 Å². The molecule has 0 aliphatic heterocycles. The number of aromatic nitrogens is 6. The molecule has 0 atom stereocenters. The van der Waals surface area contributed by atoms with Gasteiger partial charge in [-0.25, -0.2) is 14.5 Å². The molecular weight excluding hydrogens is 398 g/mol. The molecular formula is C21H23N7O3. The first-order valence-corrected chi connectivity index (χ1v) is 9.73. The van der Waals surface area contributed by atoms with Crippen LogP contribution in [0.1, 0.15) is 17.0 Å². The van der Waals surface area contributed by atoms with Crippen LogP contribution in [0.25, 0.3) is 16.9 Å². The number of aryl methyl sites for hydroxylation is 3. The van der Waals surface area contributed by atoms with Crippen LogP contribution in [0.5, 0.6) is 0 Å². The van der Waals surface area contributed by atoms with Crippen molar-refractivity contribution in [3.63, 3.8) is 0 Å². The lowest BCUT2D eigenvalue weighted by molar-refractivity contribution is -0.116. The van der Waals surface area contributed by atoms with Crippen molar-refractivity contribution in [3.8, 4) is 5.69 Å². The molecule has 4 aromatic rings. The average Bonchev–Trinajstić information content (AvgIpc) is 3.27. The zero-order valence-corrected chi connectivity index (χ0v) is 18.0. The van der Waals surface area contributed by atoms with E-state index in [0.717, 1.165) is 21.5 Å². The fraction of sp³-hybridized carbons (Fsp3) is 0.286. The monoisotopic (exact) mass is 421 g/mol. The number of carbonyl (C=O) groups excluding carboxylic acids is 1. The van der Waals surface area contributed by atoms with Gasteiger partial charge >= 0.3 is 5.69 Å². The molecule has 0 saturated carbocycles. The highest BCUT2D eigenvalue weighted by Crippen LogP contribution is 2.23. The Kier molecular flexibility index (Phi) is 4.84. The summed E-state index contributed by atoms with van der Waals surface area (Å²) >= 11 is 0. The van der Waals surface area contributed by atoms with Gasteiger partial charge in [0.25, 0.3) is 5.56 Å². The summed E-state index contributed by atoms with van der Waals surface area (Å²) in [5, 5.41) is 7.44. The number of anilines is 1. The van der Waals surface area contributed by atoms with Crippen molar-refractivity contribution >= 4 is 22.8 Å². The zero-order chi connectivity index (χ0) is 22.4. The molecule has 1 amide bonds. The Labute approximate surface area is 177 Å². The molecule has 0 unspecified atom stereocenters. The predicted molar refractivity (Wildman–Crippen MR) is 117 cm³/mol. The molecule has 4 rings (SSSR count). The van der Waals surface area contributed by atoms with Crippen molar-refractivity contribution in [2.75, 3.05) is 5.32 Å². The largest absolute Gasteiger partial charge is 0.332 e. The Balaban J connectivity index is 1.64. The summed E-state index contributed by atoms with van der Waals surface area (Å²) in [6, 6.07) is 7.94. The van der Waals surface area contributed by atoms with Crippen LogP contribution in [-0.4, -0.2) is 34.4 Å². The SMILES string of the molecule is Cc1ccc(-n2nc(C)c(NC(=O)Cn3cnc4c3c(=O)n(C)c(=O)n4C)c2C)cc1. The maximum absolute atomic E-state index is 12.8. The summed E-state index contributed by atoms with van der Waals surface area (Å²) in [4.78, 5) is 41.6. The van der Waals surface area contributed by atoms with Crippen molar-refractivity contribution in [2.24, 2.45) is 14.1 Å². The minimum Gasteiger partial charge on any atom is -0.321 e. The van der Waals surface area contributed by atoms with Crippen LogP contribution in [0.3, 0.4) is 0 Å². The predicted octanol–water partition coefficient (Wildman–Crippen LogP) is 1.18. The standard InChI is InChI=1S/C21H23N7O3/c1-12-6-8-15(9-7-12)28-14(3)17(13(2)24-28)23-16(29)10-27-11-22-19-18(27)20(30)26(5)21(31)25(19)4/h6-9,11H,10H2,1-5H3,(H,23,29). The summed E-state index contributed by atoms with van der Waals surface area (Å²) < 4.78 is 5.51. The minimum absolute atomic E-state index is 0.126. The van der Waals surface area contributed by atoms with Crippen LogP contribution in [-0.2, 0) is 25.4 Å². The molecule has 10 nitrogen and oxygen atoms in total. The van der Waals surface area contributed by atoms with Crippen molar-refractivity contribution < 1.29 is 4.79 Å². The lowest BCUT2D eigenvalue weighted by Crippen LogP contribution is -2.37. The van der Waals surface area contributed by atoms with Gasteiger partial charge < -0.3 is 9.88 Å². The van der Waals surface area contributed by atoms with Crippen LogP contribution in [0.2, 0.25) is 0 Å². The molecule has 0 saturated heterocycles. The lowest BCUT2D eigenvalue weighted by Gasteiger charge is -2.09. The van der Waals surface area contributed by atoms with Crippen LogP contribution >= 0.6 is 0 Å². The Hall–Kier alpha value is -3.95. The van der Waals surface area contributed by atoms with Gasteiger partial charge in [-0.15, -0.1) is 0 Å². The van der Waals surface area contributed by atoms with E-state index in [0.29, 0.717) is 11.4 Å². The van der Waals surface area contributed by atoms with Crippen molar-refractivity contribution in [1.29, 1.82) is 0 Å². The number of nitrogens with zero attached hydrogens (tertiary/aromatic N) is 6.